The minimum Gasteiger partial charge on any atom is -0.481 e. The molecule has 26 heavy (non-hydrogen) atoms. The van der Waals surface area contributed by atoms with Crippen LogP contribution in [-0.4, -0.2) is 50.5 Å². The number of aliphatic hydroxyl groups is 1. The Hall–Kier alpha value is -2.46. The third kappa shape index (κ3) is 5.81. The van der Waals surface area contributed by atoms with Crippen LogP contribution in [0.1, 0.15) is 44.8 Å². The van der Waals surface area contributed by atoms with E-state index in [9.17, 15) is 19.5 Å². The zero-order chi connectivity index (χ0) is 19.1. The number of ether oxygens (including phenoxy) is 2. The zero-order valence-corrected chi connectivity index (χ0v) is 14.2. The third-order valence-electron chi connectivity index (χ3n) is 4.05. The Morgan fingerprint density at radius 3 is 2.77 bits per heavy atom. The van der Waals surface area contributed by atoms with E-state index in [1.165, 1.54) is 16.8 Å². The Balaban J connectivity index is 1.74. The van der Waals surface area contributed by atoms with Crippen LogP contribution in [0.3, 0.4) is 0 Å². The molecule has 10 heteroatoms. The highest BCUT2D eigenvalue weighted by Gasteiger charge is 2.36. The lowest BCUT2D eigenvalue weighted by Gasteiger charge is -2.16. The molecule has 144 valence electrons. The lowest BCUT2D eigenvalue weighted by atomic mass is 10.1. The van der Waals surface area contributed by atoms with Crippen molar-refractivity contribution in [2.45, 2.75) is 57.0 Å². The number of aromatic nitrogens is 2. The summed E-state index contributed by atoms with van der Waals surface area (Å²) in [7, 11) is 0. The predicted octanol–water partition coefficient (Wildman–Crippen LogP) is 0.0522. The van der Waals surface area contributed by atoms with Crippen LogP contribution >= 0.6 is 0 Å². The SMILES string of the molecule is Nc1ccn([C@H]2C[C@H](O)[C@@H](COC(=O)CCCCCC(=O)O)O2)c(=O)n1. The molecule has 2 heterocycles. The van der Waals surface area contributed by atoms with Gasteiger partial charge in [-0.05, 0) is 18.9 Å². The number of carboxylic acids is 1. The van der Waals surface area contributed by atoms with E-state index in [1.54, 1.807) is 0 Å². The van der Waals surface area contributed by atoms with E-state index in [-0.39, 0.29) is 31.7 Å². The van der Waals surface area contributed by atoms with Crippen LogP contribution in [0.5, 0.6) is 0 Å². The van der Waals surface area contributed by atoms with Crippen LogP contribution in [0.25, 0.3) is 0 Å². The summed E-state index contributed by atoms with van der Waals surface area (Å²) in [5, 5.41) is 18.6. The number of anilines is 1. The maximum Gasteiger partial charge on any atom is 0.351 e. The quantitative estimate of drug-likeness (QED) is 0.404. The monoisotopic (exact) mass is 369 g/mol. The lowest BCUT2D eigenvalue weighted by molar-refractivity contribution is -0.150. The lowest BCUT2D eigenvalue weighted by Crippen LogP contribution is -2.29. The van der Waals surface area contributed by atoms with Crippen LogP contribution in [0, 0.1) is 0 Å². The molecule has 3 atom stereocenters. The van der Waals surface area contributed by atoms with Crippen molar-refractivity contribution in [3.8, 4) is 0 Å². The average molecular weight is 369 g/mol. The first kappa shape index (κ1) is 19.9. The molecule has 1 fully saturated rings. The summed E-state index contributed by atoms with van der Waals surface area (Å²) in [6.07, 6.45) is 1.22. The molecule has 0 unspecified atom stereocenters. The Morgan fingerprint density at radius 1 is 1.35 bits per heavy atom. The Kier molecular flexibility index (Phi) is 7.10. The standard InChI is InChI=1S/C16H23N3O7/c17-12-6-7-19(16(24)18-12)13-8-10(20)11(26-13)9-25-15(23)5-3-1-2-4-14(21)22/h6-7,10-11,13,20H,1-5,8-9H2,(H,21,22)(H2,17,18,24)/t10-,11+,13+/m0/s1. The zero-order valence-electron chi connectivity index (χ0n) is 14.2. The van der Waals surface area contributed by atoms with Gasteiger partial charge in [0.25, 0.3) is 0 Å². The summed E-state index contributed by atoms with van der Waals surface area (Å²) in [6.45, 7) is -0.122. The molecule has 2 rings (SSSR count). The first-order valence-electron chi connectivity index (χ1n) is 8.42. The summed E-state index contributed by atoms with van der Waals surface area (Å²) in [5.74, 6) is -1.20. The molecule has 0 bridgehead atoms. The van der Waals surface area contributed by atoms with Gasteiger partial charge in [0.1, 0.15) is 24.8 Å². The molecule has 0 aliphatic carbocycles. The first-order valence-corrected chi connectivity index (χ1v) is 8.42. The van der Waals surface area contributed by atoms with Crippen molar-refractivity contribution in [3.05, 3.63) is 22.7 Å². The summed E-state index contributed by atoms with van der Waals surface area (Å²) >= 11 is 0. The number of esters is 1. The molecule has 0 radical (unpaired) electrons. The highest BCUT2D eigenvalue weighted by atomic mass is 16.6. The topological polar surface area (TPSA) is 154 Å². The maximum atomic E-state index is 11.8. The summed E-state index contributed by atoms with van der Waals surface area (Å²) < 4.78 is 11.9. The number of hydrogen-bond acceptors (Lipinski definition) is 8. The van der Waals surface area contributed by atoms with E-state index in [1.807, 2.05) is 0 Å². The van der Waals surface area contributed by atoms with Crippen molar-refractivity contribution >= 4 is 17.8 Å². The number of carboxylic acid groups (broad SMARTS) is 1. The second kappa shape index (κ2) is 9.30. The predicted molar refractivity (Wildman–Crippen MR) is 89.1 cm³/mol. The molecule has 0 spiro atoms. The minimum atomic E-state index is -0.882. The van der Waals surface area contributed by atoms with Crippen LogP contribution in [-0.2, 0) is 19.1 Å². The minimum absolute atomic E-state index is 0.0813. The van der Waals surface area contributed by atoms with Crippen molar-refractivity contribution in [3.63, 3.8) is 0 Å². The van der Waals surface area contributed by atoms with Crippen molar-refractivity contribution < 1.29 is 29.3 Å². The van der Waals surface area contributed by atoms with Gasteiger partial charge in [-0.15, -0.1) is 0 Å². The van der Waals surface area contributed by atoms with Gasteiger partial charge < -0.3 is 25.4 Å². The molecular formula is C16H23N3O7. The summed E-state index contributed by atoms with van der Waals surface area (Å²) in [6, 6.07) is 1.45. The number of aliphatic carboxylic acids is 1. The maximum absolute atomic E-state index is 11.8. The third-order valence-corrected chi connectivity index (χ3v) is 4.05. The number of carbonyl (C=O) groups excluding carboxylic acids is 1. The molecule has 1 aliphatic rings. The van der Waals surface area contributed by atoms with Gasteiger partial charge in [-0.1, -0.05) is 6.42 Å². The van der Waals surface area contributed by atoms with Gasteiger partial charge in [0.05, 0.1) is 6.10 Å². The number of aliphatic hydroxyl groups excluding tert-OH is 1. The number of hydrogen-bond donors (Lipinski definition) is 3. The molecule has 0 amide bonds. The number of nitrogen functional groups attached to an aromatic ring is 1. The number of rotatable bonds is 9. The Morgan fingerprint density at radius 2 is 2.08 bits per heavy atom. The molecule has 10 nitrogen and oxygen atoms in total. The fraction of sp³-hybridized carbons (Fsp3) is 0.625. The average Bonchev–Trinajstić information content (AvgIpc) is 2.93. The molecule has 1 saturated heterocycles. The highest BCUT2D eigenvalue weighted by Crippen LogP contribution is 2.27. The molecule has 4 N–H and O–H groups in total. The largest absolute Gasteiger partial charge is 0.481 e. The van der Waals surface area contributed by atoms with Crippen LogP contribution in [0.4, 0.5) is 5.82 Å². The summed E-state index contributed by atoms with van der Waals surface area (Å²) in [5.41, 5.74) is 4.85. The van der Waals surface area contributed by atoms with Crippen LogP contribution in [0.2, 0.25) is 0 Å². The van der Waals surface area contributed by atoms with Gasteiger partial charge >= 0.3 is 17.6 Å². The second-order valence-electron chi connectivity index (χ2n) is 6.11. The number of unbranched alkanes of at least 4 members (excludes halogenated alkanes) is 2. The molecule has 0 saturated carbocycles. The molecule has 1 aromatic heterocycles. The molecule has 1 aromatic rings. The van der Waals surface area contributed by atoms with Gasteiger partial charge in [-0.25, -0.2) is 4.79 Å². The second-order valence-corrected chi connectivity index (χ2v) is 6.11. The number of nitrogens with zero attached hydrogens (tertiary/aromatic N) is 2. The highest BCUT2D eigenvalue weighted by molar-refractivity contribution is 5.69. The van der Waals surface area contributed by atoms with Crippen LogP contribution < -0.4 is 11.4 Å². The van der Waals surface area contributed by atoms with Crippen molar-refractivity contribution in [2.24, 2.45) is 0 Å². The van der Waals surface area contributed by atoms with Crippen LogP contribution in [0.15, 0.2) is 17.1 Å². The number of nitrogens with two attached hydrogens (primary N) is 1. The van der Waals surface area contributed by atoms with E-state index in [0.29, 0.717) is 19.3 Å². The van der Waals surface area contributed by atoms with E-state index in [2.05, 4.69) is 4.98 Å². The fourth-order valence-electron chi connectivity index (χ4n) is 2.65. The fourth-order valence-corrected chi connectivity index (χ4v) is 2.65. The first-order chi connectivity index (χ1) is 12.4. The van der Waals surface area contributed by atoms with Crippen molar-refractivity contribution in [1.82, 2.24) is 9.55 Å². The van der Waals surface area contributed by atoms with Gasteiger partial charge in [0.15, 0.2) is 0 Å². The van der Waals surface area contributed by atoms with Gasteiger partial charge in [0.2, 0.25) is 0 Å². The Labute approximate surface area is 149 Å². The smallest absolute Gasteiger partial charge is 0.351 e. The van der Waals surface area contributed by atoms with E-state index < -0.39 is 36.1 Å². The van der Waals surface area contributed by atoms with Crippen molar-refractivity contribution in [2.75, 3.05) is 12.3 Å². The molecular weight excluding hydrogens is 346 g/mol. The normalized spacial score (nSPS) is 22.3. The van der Waals surface area contributed by atoms with E-state index >= 15 is 0 Å². The Bertz CT molecular complexity index is 691. The summed E-state index contributed by atoms with van der Waals surface area (Å²) in [4.78, 5) is 37.5. The number of carbonyl (C=O) groups is 2. The van der Waals surface area contributed by atoms with Crippen molar-refractivity contribution in [1.29, 1.82) is 0 Å². The van der Waals surface area contributed by atoms with Gasteiger partial charge in [-0.2, -0.15) is 4.98 Å². The van der Waals surface area contributed by atoms with Gasteiger partial charge in [-0.3, -0.25) is 14.2 Å². The van der Waals surface area contributed by atoms with E-state index in [0.717, 1.165) is 0 Å². The van der Waals surface area contributed by atoms with E-state index in [4.69, 9.17) is 20.3 Å². The molecule has 0 aromatic carbocycles. The molecule has 1 aliphatic heterocycles. The van der Waals surface area contributed by atoms with Gasteiger partial charge in [0, 0.05) is 25.5 Å².